The first-order chi connectivity index (χ1) is 9.88. The second kappa shape index (κ2) is 7.22. The van der Waals surface area contributed by atoms with Gasteiger partial charge in [0.1, 0.15) is 5.78 Å². The second-order valence-corrected chi connectivity index (χ2v) is 4.43. The summed E-state index contributed by atoms with van der Waals surface area (Å²) in [6.07, 6.45) is 0.985. The van der Waals surface area contributed by atoms with Gasteiger partial charge in [-0.05, 0) is 12.5 Å². The molecule has 0 spiro atoms. The van der Waals surface area contributed by atoms with Crippen molar-refractivity contribution in [2.75, 3.05) is 0 Å². The van der Waals surface area contributed by atoms with Crippen LogP contribution >= 0.6 is 0 Å². The number of nitro groups is 2. The molecule has 0 bridgehead atoms. The van der Waals surface area contributed by atoms with Crippen LogP contribution in [0.2, 0.25) is 0 Å². The lowest BCUT2D eigenvalue weighted by molar-refractivity contribution is -0.394. The van der Waals surface area contributed by atoms with Gasteiger partial charge in [0.25, 0.3) is 11.4 Å². The van der Waals surface area contributed by atoms with Gasteiger partial charge in [0.15, 0.2) is 11.3 Å². The average Bonchev–Trinajstić information content (AvgIpc) is 2.43. The molecule has 0 aliphatic rings. The molecular formula is C13H14N2O6. The monoisotopic (exact) mass is 294 g/mol. The number of benzene rings is 1. The molecule has 0 heterocycles. The lowest BCUT2D eigenvalue weighted by Gasteiger charge is -2.03. The van der Waals surface area contributed by atoms with Crippen molar-refractivity contribution in [3.63, 3.8) is 0 Å². The Morgan fingerprint density at radius 1 is 1.10 bits per heavy atom. The maximum absolute atomic E-state index is 12.0. The molecule has 0 unspecified atom stereocenters. The van der Waals surface area contributed by atoms with Gasteiger partial charge in [0.2, 0.25) is 0 Å². The van der Waals surface area contributed by atoms with Crippen molar-refractivity contribution in [3.8, 4) is 0 Å². The highest BCUT2D eigenvalue weighted by Crippen LogP contribution is 2.29. The number of hydrogen-bond acceptors (Lipinski definition) is 6. The highest BCUT2D eigenvalue weighted by atomic mass is 16.6. The number of Topliss-reactive ketones (excluding diaryl/α,β-unsaturated/α-hetero) is 2. The Labute approximate surface area is 120 Å². The molecule has 112 valence electrons. The standard InChI is InChI=1S/C13H14N2O6/c1-2-3-5-9(16)8-12(17)13-10(14(18)19)6-4-7-11(13)15(20)21/h4,6-7H,2-3,5,8H2,1H3. The highest BCUT2D eigenvalue weighted by Gasteiger charge is 2.30. The molecule has 0 atom stereocenters. The Morgan fingerprint density at radius 3 is 2.05 bits per heavy atom. The van der Waals surface area contributed by atoms with Crippen LogP contribution in [0.1, 0.15) is 43.0 Å². The van der Waals surface area contributed by atoms with E-state index in [1.165, 1.54) is 0 Å². The summed E-state index contributed by atoms with van der Waals surface area (Å²) in [7, 11) is 0. The molecule has 0 fully saturated rings. The first-order valence-electron chi connectivity index (χ1n) is 6.35. The summed E-state index contributed by atoms with van der Waals surface area (Å²) >= 11 is 0. The zero-order valence-electron chi connectivity index (χ0n) is 11.4. The van der Waals surface area contributed by atoms with Crippen LogP contribution in [0, 0.1) is 20.2 Å². The predicted octanol–water partition coefficient (Wildman–Crippen LogP) is 2.84. The van der Waals surface area contributed by atoms with E-state index < -0.39 is 39.0 Å². The summed E-state index contributed by atoms with van der Waals surface area (Å²) in [4.78, 5) is 43.7. The van der Waals surface area contributed by atoms with E-state index in [4.69, 9.17) is 0 Å². The van der Waals surface area contributed by atoms with Crippen LogP contribution in [-0.4, -0.2) is 21.4 Å². The summed E-state index contributed by atoms with van der Waals surface area (Å²) in [5, 5.41) is 21.8. The average molecular weight is 294 g/mol. The quantitative estimate of drug-likeness (QED) is 0.314. The zero-order valence-corrected chi connectivity index (χ0v) is 11.4. The third-order valence-electron chi connectivity index (χ3n) is 2.86. The summed E-state index contributed by atoms with van der Waals surface area (Å²) in [6, 6.07) is 3.15. The van der Waals surface area contributed by atoms with Crippen LogP contribution in [0.4, 0.5) is 11.4 Å². The largest absolute Gasteiger partial charge is 0.299 e. The molecule has 1 rings (SSSR count). The van der Waals surface area contributed by atoms with Crippen LogP contribution in [0.5, 0.6) is 0 Å². The SMILES string of the molecule is CCCCC(=O)CC(=O)c1c([N+](=O)[O-])cccc1[N+](=O)[O-]. The lowest BCUT2D eigenvalue weighted by atomic mass is 10.00. The van der Waals surface area contributed by atoms with Crippen molar-refractivity contribution in [2.24, 2.45) is 0 Å². The third-order valence-corrected chi connectivity index (χ3v) is 2.86. The van der Waals surface area contributed by atoms with Gasteiger partial charge in [-0.2, -0.15) is 0 Å². The van der Waals surface area contributed by atoms with Gasteiger partial charge in [-0.25, -0.2) is 0 Å². The summed E-state index contributed by atoms with van der Waals surface area (Å²) in [5.74, 6) is -1.27. The van der Waals surface area contributed by atoms with E-state index in [9.17, 15) is 29.8 Å². The van der Waals surface area contributed by atoms with Crippen molar-refractivity contribution in [2.45, 2.75) is 32.6 Å². The van der Waals surface area contributed by atoms with Gasteiger partial charge in [-0.15, -0.1) is 0 Å². The number of rotatable bonds is 8. The van der Waals surface area contributed by atoms with Gasteiger partial charge in [0.05, 0.1) is 16.3 Å². The smallest absolute Gasteiger partial charge is 0.287 e. The summed E-state index contributed by atoms with van der Waals surface area (Å²) in [5.41, 5.74) is -1.92. The molecule has 0 saturated heterocycles. The lowest BCUT2D eigenvalue weighted by Crippen LogP contribution is -2.12. The van der Waals surface area contributed by atoms with E-state index in [1.54, 1.807) is 0 Å². The fourth-order valence-corrected chi connectivity index (χ4v) is 1.85. The normalized spacial score (nSPS) is 10.1. The highest BCUT2D eigenvalue weighted by molar-refractivity contribution is 6.12. The van der Waals surface area contributed by atoms with Crippen molar-refractivity contribution in [1.82, 2.24) is 0 Å². The molecule has 21 heavy (non-hydrogen) atoms. The first-order valence-corrected chi connectivity index (χ1v) is 6.35. The number of unbranched alkanes of at least 4 members (excludes halogenated alkanes) is 1. The Hall–Kier alpha value is -2.64. The maximum atomic E-state index is 12.0. The van der Waals surface area contributed by atoms with E-state index in [0.29, 0.717) is 6.42 Å². The summed E-state index contributed by atoms with van der Waals surface area (Å²) in [6.45, 7) is 1.88. The fraction of sp³-hybridized carbons (Fsp3) is 0.385. The Balaban J connectivity index is 3.14. The van der Waals surface area contributed by atoms with Gasteiger partial charge in [-0.1, -0.05) is 13.3 Å². The number of nitrogens with zero attached hydrogens (tertiary/aromatic N) is 2. The molecule has 0 saturated carbocycles. The van der Waals surface area contributed by atoms with E-state index in [1.807, 2.05) is 6.92 Å². The Bertz CT molecular complexity index is 564. The topological polar surface area (TPSA) is 120 Å². The Kier molecular flexibility index (Phi) is 5.65. The fourth-order valence-electron chi connectivity index (χ4n) is 1.85. The molecule has 0 radical (unpaired) electrons. The second-order valence-electron chi connectivity index (χ2n) is 4.43. The minimum atomic E-state index is -0.893. The van der Waals surface area contributed by atoms with Gasteiger partial charge in [0, 0.05) is 18.6 Å². The molecule has 8 nitrogen and oxygen atoms in total. The van der Waals surface area contributed by atoms with Crippen LogP contribution < -0.4 is 0 Å². The molecule has 0 N–H and O–H groups in total. The summed E-state index contributed by atoms with van der Waals surface area (Å²) < 4.78 is 0. The molecular weight excluding hydrogens is 280 g/mol. The molecule has 8 heteroatoms. The van der Waals surface area contributed by atoms with Crippen LogP contribution in [0.3, 0.4) is 0 Å². The molecule has 1 aromatic rings. The van der Waals surface area contributed by atoms with Crippen LogP contribution in [0.25, 0.3) is 0 Å². The van der Waals surface area contributed by atoms with Crippen molar-refractivity contribution in [1.29, 1.82) is 0 Å². The predicted molar refractivity (Wildman–Crippen MR) is 73.2 cm³/mol. The molecule has 0 aromatic heterocycles. The van der Waals surface area contributed by atoms with Crippen molar-refractivity contribution in [3.05, 3.63) is 44.0 Å². The third kappa shape index (κ3) is 4.16. The van der Waals surface area contributed by atoms with E-state index in [2.05, 4.69) is 0 Å². The van der Waals surface area contributed by atoms with Crippen LogP contribution in [0.15, 0.2) is 18.2 Å². The van der Waals surface area contributed by atoms with Gasteiger partial charge in [-0.3, -0.25) is 29.8 Å². The minimum Gasteiger partial charge on any atom is -0.299 e. The van der Waals surface area contributed by atoms with Crippen LogP contribution in [-0.2, 0) is 4.79 Å². The number of ketones is 2. The number of carbonyl (C=O) groups is 2. The number of carbonyl (C=O) groups excluding carboxylic acids is 2. The van der Waals surface area contributed by atoms with E-state index in [-0.39, 0.29) is 12.2 Å². The van der Waals surface area contributed by atoms with Crippen molar-refractivity contribution >= 4 is 22.9 Å². The Morgan fingerprint density at radius 2 is 1.62 bits per heavy atom. The zero-order chi connectivity index (χ0) is 16.0. The minimum absolute atomic E-state index is 0.177. The number of hydrogen-bond donors (Lipinski definition) is 0. The van der Waals surface area contributed by atoms with Gasteiger partial charge < -0.3 is 0 Å². The number of nitro benzene ring substituents is 2. The van der Waals surface area contributed by atoms with E-state index in [0.717, 1.165) is 24.6 Å². The molecule has 0 amide bonds. The van der Waals surface area contributed by atoms with E-state index >= 15 is 0 Å². The van der Waals surface area contributed by atoms with Crippen molar-refractivity contribution < 1.29 is 19.4 Å². The first kappa shape index (κ1) is 16.4. The molecule has 0 aliphatic heterocycles. The van der Waals surface area contributed by atoms with Gasteiger partial charge >= 0.3 is 0 Å². The molecule has 0 aliphatic carbocycles. The maximum Gasteiger partial charge on any atom is 0.287 e. The molecule has 1 aromatic carbocycles.